The number of hydrogen-bond acceptors (Lipinski definition) is 2. The molecule has 0 rings (SSSR count). The van der Waals surface area contributed by atoms with Crippen LogP contribution in [0.3, 0.4) is 0 Å². The van der Waals surface area contributed by atoms with Gasteiger partial charge < -0.3 is 4.90 Å². The second kappa shape index (κ2) is 7.17. The van der Waals surface area contributed by atoms with Gasteiger partial charge in [0.05, 0.1) is 4.43 Å². The van der Waals surface area contributed by atoms with Crippen molar-refractivity contribution < 1.29 is 4.79 Å². The van der Waals surface area contributed by atoms with E-state index in [4.69, 9.17) is 5.53 Å². The van der Waals surface area contributed by atoms with Crippen LogP contribution < -0.4 is 0 Å². The van der Waals surface area contributed by atoms with E-state index in [1.165, 1.54) is 0 Å². The summed E-state index contributed by atoms with van der Waals surface area (Å²) in [5.41, 5.74) is 7.96. The molecular formula is C6H11IN4O. The summed E-state index contributed by atoms with van der Waals surface area (Å²) in [5.74, 6) is 0.108. The number of hydrogen-bond donors (Lipinski definition) is 0. The molecule has 0 aliphatic heterocycles. The Morgan fingerprint density at radius 3 is 2.92 bits per heavy atom. The summed E-state index contributed by atoms with van der Waals surface area (Å²) in [4.78, 5) is 15.2. The highest BCUT2D eigenvalue weighted by molar-refractivity contribution is 14.1. The number of halogens is 1. The Morgan fingerprint density at radius 1 is 1.75 bits per heavy atom. The lowest BCUT2D eigenvalue weighted by Gasteiger charge is -2.14. The van der Waals surface area contributed by atoms with Gasteiger partial charge in [-0.3, -0.25) is 4.79 Å². The van der Waals surface area contributed by atoms with E-state index in [9.17, 15) is 4.79 Å². The Hall–Kier alpha value is -0.490. The van der Waals surface area contributed by atoms with Crippen LogP contribution in [0.1, 0.15) is 6.42 Å². The molecular weight excluding hydrogens is 271 g/mol. The van der Waals surface area contributed by atoms with Crippen molar-refractivity contribution in [3.63, 3.8) is 0 Å². The van der Waals surface area contributed by atoms with Crippen molar-refractivity contribution in [1.82, 2.24) is 4.90 Å². The number of azide groups is 1. The SMILES string of the molecule is CN(CCCN=[N+]=[N-])C(=O)CI. The molecule has 0 fully saturated rings. The lowest BCUT2D eigenvalue weighted by molar-refractivity contribution is -0.126. The highest BCUT2D eigenvalue weighted by Gasteiger charge is 2.04. The number of nitrogens with zero attached hydrogens (tertiary/aromatic N) is 4. The van der Waals surface area contributed by atoms with E-state index in [0.29, 0.717) is 17.5 Å². The van der Waals surface area contributed by atoms with Crippen molar-refractivity contribution in [2.45, 2.75) is 6.42 Å². The van der Waals surface area contributed by atoms with Crippen molar-refractivity contribution >= 4 is 28.5 Å². The summed E-state index contributed by atoms with van der Waals surface area (Å²) in [6.45, 7) is 1.11. The molecule has 6 heteroatoms. The molecule has 0 unspecified atom stereocenters. The molecule has 5 nitrogen and oxygen atoms in total. The average Bonchev–Trinajstić information content (AvgIpc) is 2.10. The summed E-state index contributed by atoms with van der Waals surface area (Å²) in [7, 11) is 1.75. The predicted molar refractivity (Wildman–Crippen MR) is 55.2 cm³/mol. The van der Waals surface area contributed by atoms with Crippen molar-refractivity contribution in [2.24, 2.45) is 5.11 Å². The highest BCUT2D eigenvalue weighted by atomic mass is 127. The Balaban J connectivity index is 3.49. The largest absolute Gasteiger partial charge is 0.345 e. The van der Waals surface area contributed by atoms with Gasteiger partial charge in [-0.2, -0.15) is 0 Å². The number of rotatable bonds is 5. The number of carbonyl (C=O) groups excluding carboxylic acids is 1. The molecule has 0 aromatic heterocycles. The maximum atomic E-state index is 11.0. The molecule has 68 valence electrons. The van der Waals surface area contributed by atoms with Gasteiger partial charge in [-0.1, -0.05) is 27.7 Å². The molecule has 0 saturated heterocycles. The molecule has 1 amide bonds. The molecule has 0 aromatic carbocycles. The fourth-order valence-corrected chi connectivity index (χ4v) is 1.23. The lowest BCUT2D eigenvalue weighted by atomic mass is 10.4. The number of alkyl halides is 1. The van der Waals surface area contributed by atoms with Gasteiger partial charge in [-0.05, 0) is 12.0 Å². The monoisotopic (exact) mass is 282 g/mol. The van der Waals surface area contributed by atoms with Gasteiger partial charge >= 0.3 is 0 Å². The molecule has 0 atom stereocenters. The first kappa shape index (κ1) is 11.5. The van der Waals surface area contributed by atoms with Gasteiger partial charge in [-0.25, -0.2) is 0 Å². The Labute approximate surface area is 84.9 Å². The van der Waals surface area contributed by atoms with Gasteiger partial charge in [0.1, 0.15) is 0 Å². The average molecular weight is 282 g/mol. The predicted octanol–water partition coefficient (Wildman–Crippen LogP) is 1.58. The second-order valence-corrected chi connectivity index (χ2v) is 3.02. The molecule has 0 aliphatic rings. The van der Waals surface area contributed by atoms with Crippen LogP contribution >= 0.6 is 22.6 Å². The Bertz CT molecular complexity index is 190. The van der Waals surface area contributed by atoms with E-state index in [0.717, 1.165) is 6.42 Å². The molecule has 0 heterocycles. The van der Waals surface area contributed by atoms with Gasteiger partial charge in [-0.15, -0.1) is 0 Å². The fourth-order valence-electron chi connectivity index (χ4n) is 0.650. The standard InChI is InChI=1S/C6H11IN4O/c1-11(6(12)5-7)4-2-3-9-10-8/h2-5H2,1H3. The maximum absolute atomic E-state index is 11.0. The smallest absolute Gasteiger partial charge is 0.232 e. The van der Waals surface area contributed by atoms with Crippen LogP contribution in [0.25, 0.3) is 10.4 Å². The third-order valence-corrected chi connectivity index (χ3v) is 2.01. The minimum atomic E-state index is 0.108. The quantitative estimate of drug-likeness (QED) is 0.188. The van der Waals surface area contributed by atoms with Crippen LogP contribution in [0, 0.1) is 0 Å². The van der Waals surface area contributed by atoms with Gasteiger partial charge in [0.15, 0.2) is 0 Å². The first-order valence-corrected chi connectivity index (χ1v) is 5.05. The first-order chi connectivity index (χ1) is 5.72. The summed E-state index contributed by atoms with van der Waals surface area (Å²) in [6, 6.07) is 0. The molecule has 0 aliphatic carbocycles. The molecule has 12 heavy (non-hydrogen) atoms. The normalized spacial score (nSPS) is 8.83. The second-order valence-electron chi connectivity index (χ2n) is 2.26. The molecule has 0 spiro atoms. The van der Waals surface area contributed by atoms with E-state index in [2.05, 4.69) is 10.0 Å². The van der Waals surface area contributed by atoms with Crippen LogP contribution in [0.15, 0.2) is 5.11 Å². The van der Waals surface area contributed by atoms with E-state index in [-0.39, 0.29) is 5.91 Å². The summed E-state index contributed by atoms with van der Waals surface area (Å²) in [6.07, 6.45) is 0.725. The van der Waals surface area contributed by atoms with Crippen LogP contribution in [0.5, 0.6) is 0 Å². The zero-order valence-corrected chi connectivity index (χ0v) is 9.06. The summed E-state index contributed by atoms with van der Waals surface area (Å²) >= 11 is 2.02. The Morgan fingerprint density at radius 2 is 2.42 bits per heavy atom. The summed E-state index contributed by atoms with van der Waals surface area (Å²) < 4.78 is 0.496. The maximum Gasteiger partial charge on any atom is 0.232 e. The van der Waals surface area contributed by atoms with Crippen molar-refractivity contribution in [3.8, 4) is 0 Å². The molecule has 0 N–H and O–H groups in total. The molecule has 0 bridgehead atoms. The van der Waals surface area contributed by atoms with Gasteiger partial charge in [0.25, 0.3) is 0 Å². The zero-order chi connectivity index (χ0) is 9.40. The first-order valence-electron chi connectivity index (χ1n) is 3.53. The Kier molecular flexibility index (Phi) is 6.88. The molecule has 0 aromatic rings. The van der Waals surface area contributed by atoms with Crippen LogP contribution in [-0.4, -0.2) is 35.4 Å². The van der Waals surface area contributed by atoms with E-state index < -0.39 is 0 Å². The number of amides is 1. The van der Waals surface area contributed by atoms with Crippen molar-refractivity contribution in [1.29, 1.82) is 0 Å². The minimum Gasteiger partial charge on any atom is -0.345 e. The highest BCUT2D eigenvalue weighted by Crippen LogP contribution is 1.93. The minimum absolute atomic E-state index is 0.108. The lowest BCUT2D eigenvalue weighted by Crippen LogP contribution is -2.28. The van der Waals surface area contributed by atoms with E-state index in [1.807, 2.05) is 22.6 Å². The van der Waals surface area contributed by atoms with Crippen molar-refractivity contribution in [3.05, 3.63) is 10.4 Å². The van der Waals surface area contributed by atoms with Crippen molar-refractivity contribution in [2.75, 3.05) is 24.6 Å². The molecule has 0 radical (unpaired) electrons. The number of carbonyl (C=O) groups is 1. The van der Waals surface area contributed by atoms with Gasteiger partial charge in [0, 0.05) is 25.0 Å². The third kappa shape index (κ3) is 5.20. The third-order valence-electron chi connectivity index (χ3n) is 1.35. The topological polar surface area (TPSA) is 69.1 Å². The van der Waals surface area contributed by atoms with Gasteiger partial charge in [0.2, 0.25) is 5.91 Å². The zero-order valence-electron chi connectivity index (χ0n) is 6.90. The van der Waals surface area contributed by atoms with E-state index in [1.54, 1.807) is 11.9 Å². The van der Waals surface area contributed by atoms with Crippen LogP contribution in [-0.2, 0) is 4.79 Å². The summed E-state index contributed by atoms with van der Waals surface area (Å²) in [5, 5.41) is 3.37. The van der Waals surface area contributed by atoms with Crippen LogP contribution in [0.4, 0.5) is 0 Å². The van der Waals surface area contributed by atoms with E-state index >= 15 is 0 Å². The fraction of sp³-hybridized carbons (Fsp3) is 0.833. The van der Waals surface area contributed by atoms with Crippen LogP contribution in [0.2, 0.25) is 0 Å². The molecule has 0 saturated carbocycles.